The molecule has 0 saturated heterocycles. The van der Waals surface area contributed by atoms with Gasteiger partial charge in [0.1, 0.15) is 6.61 Å². The van der Waals surface area contributed by atoms with E-state index in [2.05, 4.69) is 57.2 Å². The van der Waals surface area contributed by atoms with Crippen molar-refractivity contribution in [1.82, 2.24) is 0 Å². The van der Waals surface area contributed by atoms with Gasteiger partial charge in [-0.05, 0) is 70.6 Å². The fraction of sp³-hybridized carbons (Fsp3) is 0.837. The van der Waals surface area contributed by atoms with Gasteiger partial charge < -0.3 is 14.2 Å². The largest absolute Gasteiger partial charge is 0.462 e. The zero-order valence-corrected chi connectivity index (χ0v) is 36.2. The highest BCUT2D eigenvalue weighted by Gasteiger charge is 2.17. The Hall–Kier alpha value is -1.88. The van der Waals surface area contributed by atoms with Crippen molar-refractivity contribution in [3.05, 3.63) is 36.5 Å². The Morgan fingerprint density at radius 2 is 0.815 bits per heavy atom. The third-order valence-electron chi connectivity index (χ3n) is 10.1. The number of rotatable bonds is 43. The SMILES string of the molecule is CCC/C=C\C/C=C\CCCCCCCC(=O)OCC(COCCCCCCCCCCCC/C=C\CCCCCCCC)OC(=O)CCCCCCC. The van der Waals surface area contributed by atoms with Crippen molar-refractivity contribution in [2.24, 2.45) is 0 Å². The summed E-state index contributed by atoms with van der Waals surface area (Å²) in [6.45, 7) is 7.69. The molecular weight excluding hydrogens is 669 g/mol. The molecule has 0 aliphatic rings. The Bertz CT molecular complexity index is 862. The third kappa shape index (κ3) is 42.9. The topological polar surface area (TPSA) is 61.8 Å². The Kier molecular flexibility index (Phi) is 43.9. The summed E-state index contributed by atoms with van der Waals surface area (Å²) in [5, 5.41) is 0. The first-order chi connectivity index (χ1) is 26.6. The Balaban J connectivity index is 4.00. The molecule has 0 aliphatic heterocycles. The van der Waals surface area contributed by atoms with Crippen LogP contribution in [0.5, 0.6) is 0 Å². The number of ether oxygens (including phenoxy) is 3. The van der Waals surface area contributed by atoms with E-state index in [0.717, 1.165) is 64.2 Å². The molecule has 0 spiro atoms. The minimum Gasteiger partial charge on any atom is -0.462 e. The molecule has 316 valence electrons. The summed E-state index contributed by atoms with van der Waals surface area (Å²) < 4.78 is 17.2. The van der Waals surface area contributed by atoms with Crippen LogP contribution in [0.2, 0.25) is 0 Å². The van der Waals surface area contributed by atoms with E-state index in [-0.39, 0.29) is 25.2 Å². The minimum atomic E-state index is -0.534. The van der Waals surface area contributed by atoms with Gasteiger partial charge in [0.25, 0.3) is 0 Å². The number of carbonyl (C=O) groups is 2. The van der Waals surface area contributed by atoms with Crippen LogP contribution < -0.4 is 0 Å². The molecule has 5 nitrogen and oxygen atoms in total. The van der Waals surface area contributed by atoms with Gasteiger partial charge in [-0.2, -0.15) is 0 Å². The molecule has 0 bridgehead atoms. The van der Waals surface area contributed by atoms with Gasteiger partial charge in [0, 0.05) is 19.4 Å². The summed E-state index contributed by atoms with van der Waals surface area (Å²) in [7, 11) is 0. The van der Waals surface area contributed by atoms with Crippen molar-refractivity contribution < 1.29 is 23.8 Å². The van der Waals surface area contributed by atoms with E-state index in [0.29, 0.717) is 19.4 Å². The van der Waals surface area contributed by atoms with Gasteiger partial charge >= 0.3 is 11.9 Å². The molecular formula is C49H90O5. The first-order valence-corrected chi connectivity index (χ1v) is 23.5. The maximum atomic E-state index is 12.5. The quantitative estimate of drug-likeness (QED) is 0.0352. The molecule has 0 aromatic carbocycles. The molecule has 0 radical (unpaired) electrons. The van der Waals surface area contributed by atoms with E-state index in [1.54, 1.807) is 0 Å². The Morgan fingerprint density at radius 1 is 0.407 bits per heavy atom. The number of carbonyl (C=O) groups excluding carboxylic acids is 2. The maximum Gasteiger partial charge on any atom is 0.306 e. The summed E-state index contributed by atoms with van der Waals surface area (Å²) in [4.78, 5) is 25.0. The smallest absolute Gasteiger partial charge is 0.306 e. The van der Waals surface area contributed by atoms with E-state index >= 15 is 0 Å². The van der Waals surface area contributed by atoms with Gasteiger partial charge in [-0.3, -0.25) is 9.59 Å². The lowest BCUT2D eigenvalue weighted by molar-refractivity contribution is -0.163. The molecule has 0 rings (SSSR count). The lowest BCUT2D eigenvalue weighted by atomic mass is 10.1. The fourth-order valence-corrected chi connectivity index (χ4v) is 6.60. The van der Waals surface area contributed by atoms with Crippen LogP contribution in [0.4, 0.5) is 0 Å². The number of esters is 2. The van der Waals surface area contributed by atoms with Gasteiger partial charge in [0.2, 0.25) is 0 Å². The molecule has 1 atom stereocenters. The van der Waals surface area contributed by atoms with Crippen LogP contribution in [-0.2, 0) is 23.8 Å². The van der Waals surface area contributed by atoms with Crippen molar-refractivity contribution >= 4 is 11.9 Å². The van der Waals surface area contributed by atoms with Gasteiger partial charge in [0.15, 0.2) is 6.10 Å². The second-order valence-electron chi connectivity index (χ2n) is 15.7. The number of hydrogen-bond donors (Lipinski definition) is 0. The van der Waals surface area contributed by atoms with Gasteiger partial charge in [-0.15, -0.1) is 0 Å². The standard InChI is InChI=1S/C49H90O5/c1-4-7-10-13-15-17-19-21-22-23-24-25-26-27-29-31-33-35-38-41-44-52-45-47(54-49(51)43-40-36-12-9-6-3)46-53-48(50)42-39-37-34-32-30-28-20-18-16-14-11-8-5-2/h11,14,18,20-22,47H,4-10,12-13,15-17,19,23-46H2,1-3H3/b14-11-,20-18-,22-21-. The van der Waals surface area contributed by atoms with Crippen LogP contribution in [0, 0.1) is 0 Å². The zero-order chi connectivity index (χ0) is 39.3. The molecule has 0 aromatic heterocycles. The molecule has 0 heterocycles. The highest BCUT2D eigenvalue weighted by molar-refractivity contribution is 5.70. The van der Waals surface area contributed by atoms with Gasteiger partial charge in [-0.25, -0.2) is 0 Å². The predicted molar refractivity (Wildman–Crippen MR) is 233 cm³/mol. The Morgan fingerprint density at radius 3 is 1.31 bits per heavy atom. The van der Waals surface area contributed by atoms with Gasteiger partial charge in [0.05, 0.1) is 6.61 Å². The third-order valence-corrected chi connectivity index (χ3v) is 10.1. The summed E-state index contributed by atoms with van der Waals surface area (Å²) in [6, 6.07) is 0. The normalized spacial score (nSPS) is 12.4. The molecule has 0 aliphatic carbocycles. The Labute approximate surface area is 336 Å². The van der Waals surface area contributed by atoms with Gasteiger partial charge in [-0.1, -0.05) is 192 Å². The molecule has 5 heteroatoms. The second kappa shape index (κ2) is 45.5. The van der Waals surface area contributed by atoms with E-state index in [9.17, 15) is 9.59 Å². The van der Waals surface area contributed by atoms with E-state index < -0.39 is 6.10 Å². The van der Waals surface area contributed by atoms with Crippen LogP contribution in [-0.4, -0.2) is 37.9 Å². The van der Waals surface area contributed by atoms with Crippen LogP contribution in [0.1, 0.15) is 239 Å². The summed E-state index contributed by atoms with van der Waals surface area (Å²) in [5.74, 6) is -0.421. The summed E-state index contributed by atoms with van der Waals surface area (Å²) >= 11 is 0. The predicted octanol–water partition coefficient (Wildman–Crippen LogP) is 15.4. The van der Waals surface area contributed by atoms with Crippen LogP contribution in [0.25, 0.3) is 0 Å². The maximum absolute atomic E-state index is 12.5. The molecule has 0 aromatic rings. The number of allylic oxidation sites excluding steroid dienone is 6. The van der Waals surface area contributed by atoms with Crippen molar-refractivity contribution in [3.63, 3.8) is 0 Å². The molecule has 1 unspecified atom stereocenters. The lowest BCUT2D eigenvalue weighted by Gasteiger charge is -2.18. The molecule has 0 saturated carbocycles. The molecule has 0 N–H and O–H groups in total. The summed E-state index contributed by atoms with van der Waals surface area (Å²) in [5.41, 5.74) is 0. The van der Waals surface area contributed by atoms with Crippen molar-refractivity contribution in [1.29, 1.82) is 0 Å². The fourth-order valence-electron chi connectivity index (χ4n) is 6.60. The zero-order valence-electron chi connectivity index (χ0n) is 36.2. The highest BCUT2D eigenvalue weighted by atomic mass is 16.6. The minimum absolute atomic E-state index is 0.0797. The number of hydrogen-bond acceptors (Lipinski definition) is 5. The highest BCUT2D eigenvalue weighted by Crippen LogP contribution is 2.14. The van der Waals surface area contributed by atoms with Crippen molar-refractivity contribution in [3.8, 4) is 0 Å². The summed E-state index contributed by atoms with van der Waals surface area (Å²) in [6.07, 6.45) is 53.2. The van der Waals surface area contributed by atoms with Crippen LogP contribution in [0.3, 0.4) is 0 Å². The van der Waals surface area contributed by atoms with Crippen molar-refractivity contribution in [2.45, 2.75) is 245 Å². The van der Waals surface area contributed by atoms with E-state index in [4.69, 9.17) is 14.2 Å². The molecule has 0 fully saturated rings. The average Bonchev–Trinajstić information content (AvgIpc) is 3.17. The molecule has 54 heavy (non-hydrogen) atoms. The van der Waals surface area contributed by atoms with Crippen molar-refractivity contribution in [2.75, 3.05) is 19.8 Å². The number of unbranched alkanes of at least 4 members (excludes halogenated alkanes) is 26. The average molecular weight is 759 g/mol. The second-order valence-corrected chi connectivity index (χ2v) is 15.7. The van der Waals surface area contributed by atoms with Crippen LogP contribution in [0.15, 0.2) is 36.5 Å². The van der Waals surface area contributed by atoms with E-state index in [1.165, 1.54) is 141 Å². The lowest BCUT2D eigenvalue weighted by Crippen LogP contribution is -2.30. The monoisotopic (exact) mass is 759 g/mol. The van der Waals surface area contributed by atoms with E-state index in [1.807, 2.05) is 0 Å². The molecule has 0 amide bonds. The first-order valence-electron chi connectivity index (χ1n) is 23.5. The van der Waals surface area contributed by atoms with Crippen LogP contribution >= 0.6 is 0 Å². The first kappa shape index (κ1) is 52.1.